The van der Waals surface area contributed by atoms with Gasteiger partial charge in [0.25, 0.3) is 0 Å². The second-order valence-electron chi connectivity index (χ2n) is 6.55. The molecule has 0 saturated carbocycles. The number of rotatable bonds is 5. The number of anilines is 1. The van der Waals surface area contributed by atoms with Crippen LogP contribution in [0.4, 0.5) is 10.5 Å². The van der Waals surface area contributed by atoms with E-state index in [1.165, 1.54) is 11.4 Å². The summed E-state index contributed by atoms with van der Waals surface area (Å²) in [5.41, 5.74) is 3.11. The minimum atomic E-state index is -0.1000. The Bertz CT molecular complexity index is 785. The first-order valence-electron chi connectivity index (χ1n) is 9.04. The van der Waals surface area contributed by atoms with Gasteiger partial charge in [0.1, 0.15) is 11.5 Å². The number of carbonyl (C=O) groups is 1. The first-order chi connectivity index (χ1) is 12.6. The highest BCUT2D eigenvalue weighted by molar-refractivity contribution is 5.91. The number of ether oxygens (including phenoxy) is 2. The third-order valence-electron chi connectivity index (χ3n) is 4.99. The molecule has 0 aliphatic carbocycles. The van der Waals surface area contributed by atoms with Crippen molar-refractivity contribution < 1.29 is 14.3 Å². The van der Waals surface area contributed by atoms with Crippen molar-refractivity contribution in [3.05, 3.63) is 41.7 Å². The topological polar surface area (TPSA) is 55.7 Å². The van der Waals surface area contributed by atoms with Crippen molar-refractivity contribution in [3.63, 3.8) is 0 Å². The predicted octanol–water partition coefficient (Wildman–Crippen LogP) is 4.20. The molecular formula is C20H27N3O3. The first-order valence-corrected chi connectivity index (χ1v) is 9.04. The number of aryl methyl sites for hydroxylation is 1. The molecule has 6 nitrogen and oxygen atoms in total. The molecule has 0 fully saturated rings. The molecule has 0 saturated heterocycles. The molecule has 6 heteroatoms. The van der Waals surface area contributed by atoms with E-state index >= 15 is 0 Å². The van der Waals surface area contributed by atoms with Crippen LogP contribution in [0.1, 0.15) is 37.2 Å². The molecule has 0 bridgehead atoms. The molecule has 0 unspecified atom stereocenters. The first kappa shape index (κ1) is 18.2. The second kappa shape index (κ2) is 7.72. The lowest BCUT2D eigenvalue weighted by Crippen LogP contribution is -2.44. The smallest absolute Gasteiger partial charge is 0.322 e. The number of nitrogens with zero attached hydrogens (tertiary/aromatic N) is 2. The summed E-state index contributed by atoms with van der Waals surface area (Å²) in [5.74, 6) is 1.27. The number of benzene rings is 1. The van der Waals surface area contributed by atoms with Gasteiger partial charge in [-0.05, 0) is 37.6 Å². The van der Waals surface area contributed by atoms with Gasteiger partial charge in [-0.1, -0.05) is 13.3 Å². The fraction of sp³-hybridized carbons (Fsp3) is 0.450. The fourth-order valence-corrected chi connectivity index (χ4v) is 3.62. The van der Waals surface area contributed by atoms with E-state index in [0.717, 1.165) is 19.4 Å². The Morgan fingerprint density at radius 1 is 1.19 bits per heavy atom. The van der Waals surface area contributed by atoms with Crippen LogP contribution in [0, 0.1) is 6.92 Å². The molecule has 1 atom stereocenters. The average molecular weight is 357 g/mol. The number of fused-ring (bicyclic) bond motifs is 1. The van der Waals surface area contributed by atoms with Crippen molar-refractivity contribution in [1.29, 1.82) is 0 Å². The summed E-state index contributed by atoms with van der Waals surface area (Å²) in [4.78, 5) is 14.9. The molecular weight excluding hydrogens is 330 g/mol. The van der Waals surface area contributed by atoms with Crippen LogP contribution in [-0.2, 0) is 6.54 Å². The van der Waals surface area contributed by atoms with Gasteiger partial charge < -0.3 is 24.3 Å². The number of hydrogen-bond acceptors (Lipinski definition) is 3. The summed E-state index contributed by atoms with van der Waals surface area (Å²) in [6.07, 6.45) is 1.96. The van der Waals surface area contributed by atoms with Gasteiger partial charge in [0, 0.05) is 30.5 Å². The third-order valence-corrected chi connectivity index (χ3v) is 4.99. The Morgan fingerprint density at radius 2 is 2.00 bits per heavy atom. The molecule has 2 aromatic rings. The molecule has 1 N–H and O–H groups in total. The molecule has 1 aromatic carbocycles. The van der Waals surface area contributed by atoms with Crippen molar-refractivity contribution >= 4 is 11.7 Å². The van der Waals surface area contributed by atoms with E-state index in [4.69, 9.17) is 9.47 Å². The van der Waals surface area contributed by atoms with E-state index < -0.39 is 0 Å². The van der Waals surface area contributed by atoms with Crippen LogP contribution in [0.5, 0.6) is 11.5 Å². The predicted molar refractivity (Wildman–Crippen MR) is 102 cm³/mol. The Hall–Kier alpha value is -2.63. The highest BCUT2D eigenvalue weighted by Crippen LogP contribution is 2.33. The zero-order chi connectivity index (χ0) is 18.7. The minimum Gasteiger partial charge on any atom is -0.497 e. The molecule has 0 radical (unpaired) electrons. The molecule has 26 heavy (non-hydrogen) atoms. The maximum absolute atomic E-state index is 13.0. The molecule has 140 valence electrons. The summed E-state index contributed by atoms with van der Waals surface area (Å²) in [6, 6.07) is 9.65. The molecule has 1 aliphatic heterocycles. The van der Waals surface area contributed by atoms with Crippen LogP contribution in [0.15, 0.2) is 30.3 Å². The maximum atomic E-state index is 13.0. The number of urea groups is 1. The van der Waals surface area contributed by atoms with Crippen molar-refractivity contribution in [3.8, 4) is 11.5 Å². The lowest BCUT2D eigenvalue weighted by molar-refractivity contribution is 0.162. The van der Waals surface area contributed by atoms with E-state index in [2.05, 4.69) is 35.9 Å². The van der Waals surface area contributed by atoms with Crippen molar-refractivity contribution in [1.82, 2.24) is 9.47 Å². The molecule has 2 amide bonds. The van der Waals surface area contributed by atoms with Crippen molar-refractivity contribution in [2.45, 2.75) is 39.3 Å². The van der Waals surface area contributed by atoms with Crippen LogP contribution in [-0.4, -0.2) is 36.3 Å². The van der Waals surface area contributed by atoms with Gasteiger partial charge in [0.15, 0.2) is 0 Å². The Balaban J connectivity index is 1.83. The van der Waals surface area contributed by atoms with E-state index in [9.17, 15) is 4.79 Å². The van der Waals surface area contributed by atoms with Crippen LogP contribution in [0.25, 0.3) is 0 Å². The standard InChI is InChI=1S/C20H27N3O3/c1-5-6-17-18-10-7-14(2)22(18)11-12-23(17)20(24)21-16-9-8-15(25-3)13-19(16)26-4/h7-10,13,17H,5-6,11-12H2,1-4H3,(H,21,24)/t17-/m1/s1. The zero-order valence-electron chi connectivity index (χ0n) is 15.9. The Labute approximate surface area is 154 Å². The average Bonchev–Trinajstić information content (AvgIpc) is 3.04. The Kier molecular flexibility index (Phi) is 5.40. The monoisotopic (exact) mass is 357 g/mol. The maximum Gasteiger partial charge on any atom is 0.322 e. The zero-order valence-corrected chi connectivity index (χ0v) is 15.9. The third kappa shape index (κ3) is 3.36. The van der Waals surface area contributed by atoms with Gasteiger partial charge in [-0.2, -0.15) is 0 Å². The van der Waals surface area contributed by atoms with Crippen LogP contribution in [0.3, 0.4) is 0 Å². The van der Waals surface area contributed by atoms with Crippen LogP contribution >= 0.6 is 0 Å². The second-order valence-corrected chi connectivity index (χ2v) is 6.55. The summed E-state index contributed by atoms with van der Waals surface area (Å²) >= 11 is 0. The molecule has 0 spiro atoms. The van der Waals surface area contributed by atoms with E-state index in [1.807, 2.05) is 11.0 Å². The highest BCUT2D eigenvalue weighted by Gasteiger charge is 2.31. The van der Waals surface area contributed by atoms with Gasteiger partial charge in [0.05, 0.1) is 25.9 Å². The summed E-state index contributed by atoms with van der Waals surface area (Å²) in [5, 5.41) is 3.01. The molecule has 1 aliphatic rings. The number of aromatic nitrogens is 1. The normalized spacial score (nSPS) is 16.2. The van der Waals surface area contributed by atoms with Gasteiger partial charge in [0.2, 0.25) is 0 Å². The highest BCUT2D eigenvalue weighted by atomic mass is 16.5. The van der Waals surface area contributed by atoms with Crippen molar-refractivity contribution in [2.24, 2.45) is 0 Å². The van der Waals surface area contributed by atoms with E-state index in [0.29, 0.717) is 23.7 Å². The summed E-state index contributed by atoms with van der Waals surface area (Å²) < 4.78 is 12.9. The van der Waals surface area contributed by atoms with E-state index in [1.54, 1.807) is 26.4 Å². The molecule has 3 rings (SSSR count). The SMILES string of the molecule is CCC[C@@H]1c2ccc(C)n2CCN1C(=O)Nc1ccc(OC)cc1OC. The number of amides is 2. The molecule has 2 heterocycles. The number of nitrogens with one attached hydrogen (secondary N) is 1. The minimum absolute atomic E-state index is 0.0895. The van der Waals surface area contributed by atoms with Gasteiger partial charge in [-0.15, -0.1) is 0 Å². The lowest BCUT2D eigenvalue weighted by Gasteiger charge is -2.37. The van der Waals surface area contributed by atoms with E-state index in [-0.39, 0.29) is 12.1 Å². The fourth-order valence-electron chi connectivity index (χ4n) is 3.62. The largest absolute Gasteiger partial charge is 0.497 e. The summed E-state index contributed by atoms with van der Waals surface area (Å²) in [7, 11) is 3.19. The van der Waals surface area contributed by atoms with Gasteiger partial charge in [-0.3, -0.25) is 0 Å². The Morgan fingerprint density at radius 3 is 2.69 bits per heavy atom. The van der Waals surface area contributed by atoms with Gasteiger partial charge in [-0.25, -0.2) is 4.79 Å². The van der Waals surface area contributed by atoms with Gasteiger partial charge >= 0.3 is 6.03 Å². The molecule has 1 aromatic heterocycles. The summed E-state index contributed by atoms with van der Waals surface area (Å²) in [6.45, 7) is 5.78. The number of hydrogen-bond donors (Lipinski definition) is 1. The quantitative estimate of drug-likeness (QED) is 0.872. The van der Waals surface area contributed by atoms with Crippen LogP contribution < -0.4 is 14.8 Å². The van der Waals surface area contributed by atoms with Crippen LogP contribution in [0.2, 0.25) is 0 Å². The number of carbonyl (C=O) groups excluding carboxylic acids is 1. The lowest BCUT2D eigenvalue weighted by atomic mass is 10.0. The van der Waals surface area contributed by atoms with Crippen molar-refractivity contribution in [2.75, 3.05) is 26.1 Å². The number of methoxy groups -OCH3 is 2.